The van der Waals surface area contributed by atoms with Crippen LogP contribution in [-0.4, -0.2) is 18.7 Å². The van der Waals surface area contributed by atoms with Crippen LogP contribution in [0.15, 0.2) is 57.7 Å². The quantitative estimate of drug-likeness (QED) is 0.712. The first kappa shape index (κ1) is 16.0. The molecule has 0 spiro atoms. The van der Waals surface area contributed by atoms with Crippen molar-refractivity contribution in [3.8, 4) is 0 Å². The van der Waals surface area contributed by atoms with Crippen LogP contribution < -0.4 is 5.56 Å². The molecule has 0 bridgehead atoms. The molecule has 4 nitrogen and oxygen atoms in total. The second kappa shape index (κ2) is 6.29. The van der Waals surface area contributed by atoms with Gasteiger partial charge in [0.15, 0.2) is 9.84 Å². The highest BCUT2D eigenvalue weighted by molar-refractivity contribution is 7.91. The predicted octanol–water partition coefficient (Wildman–Crippen LogP) is 3.24. The van der Waals surface area contributed by atoms with E-state index in [9.17, 15) is 13.2 Å². The Hall–Kier alpha value is -1.92. The molecule has 3 aromatic rings. The minimum Gasteiger partial charge on any atom is -0.315 e. The summed E-state index contributed by atoms with van der Waals surface area (Å²) in [5.74, 6) is 0.0323. The first-order valence-electron chi connectivity index (χ1n) is 7.33. The fraction of sp³-hybridized carbons (Fsp3) is 0.235. The van der Waals surface area contributed by atoms with Crippen molar-refractivity contribution in [2.24, 2.45) is 0 Å². The van der Waals surface area contributed by atoms with Gasteiger partial charge >= 0.3 is 0 Å². The Labute approximate surface area is 138 Å². The third-order valence-corrected chi connectivity index (χ3v) is 6.43. The summed E-state index contributed by atoms with van der Waals surface area (Å²) in [7, 11) is -3.31. The molecule has 0 N–H and O–H groups in total. The number of hydrogen-bond donors (Lipinski definition) is 0. The van der Waals surface area contributed by atoms with Crippen molar-refractivity contribution >= 4 is 31.3 Å². The molecule has 0 atom stereocenters. The summed E-state index contributed by atoms with van der Waals surface area (Å²) in [5.41, 5.74) is 0.863. The number of nitrogens with zero attached hydrogens (tertiary/aromatic N) is 1. The van der Waals surface area contributed by atoms with Gasteiger partial charge in [-0.05, 0) is 48.6 Å². The fourth-order valence-electron chi connectivity index (χ4n) is 2.53. The second-order valence-corrected chi connectivity index (χ2v) is 8.56. The zero-order valence-corrected chi connectivity index (χ0v) is 14.4. The van der Waals surface area contributed by atoms with Crippen molar-refractivity contribution in [3.63, 3.8) is 0 Å². The molecule has 2 aromatic heterocycles. The van der Waals surface area contributed by atoms with E-state index in [1.807, 2.05) is 30.5 Å². The third-order valence-electron chi connectivity index (χ3n) is 3.75. The van der Waals surface area contributed by atoms with Gasteiger partial charge < -0.3 is 4.57 Å². The molecule has 2 heterocycles. The maximum Gasteiger partial charge on any atom is 0.259 e. The normalized spacial score (nSPS) is 11.9. The van der Waals surface area contributed by atoms with Crippen molar-refractivity contribution in [1.29, 1.82) is 0 Å². The highest BCUT2D eigenvalue weighted by atomic mass is 32.2. The number of sulfone groups is 1. The summed E-state index contributed by atoms with van der Waals surface area (Å²) in [6, 6.07) is 10.6. The number of rotatable bonds is 5. The van der Waals surface area contributed by atoms with Crippen molar-refractivity contribution in [1.82, 2.24) is 4.57 Å². The van der Waals surface area contributed by atoms with Crippen molar-refractivity contribution in [2.45, 2.75) is 24.8 Å². The molecule has 1 aromatic carbocycles. The minimum atomic E-state index is -3.31. The van der Waals surface area contributed by atoms with Crippen LogP contribution in [0.5, 0.6) is 0 Å². The fourth-order valence-corrected chi connectivity index (χ4v) is 4.70. The molecule has 0 radical (unpaired) electrons. The molecule has 0 aliphatic heterocycles. The van der Waals surface area contributed by atoms with E-state index < -0.39 is 9.84 Å². The van der Waals surface area contributed by atoms with Crippen LogP contribution in [0.4, 0.5) is 0 Å². The van der Waals surface area contributed by atoms with Gasteiger partial charge in [-0.3, -0.25) is 4.79 Å². The Morgan fingerprint density at radius 3 is 2.78 bits per heavy atom. The van der Waals surface area contributed by atoms with Gasteiger partial charge in [0, 0.05) is 17.4 Å². The monoisotopic (exact) mass is 347 g/mol. The van der Waals surface area contributed by atoms with E-state index in [0.29, 0.717) is 23.2 Å². The van der Waals surface area contributed by atoms with Crippen LogP contribution in [0.2, 0.25) is 0 Å². The molecule has 3 rings (SSSR count). The van der Waals surface area contributed by atoms with Crippen molar-refractivity contribution < 1.29 is 8.42 Å². The Kier molecular flexibility index (Phi) is 4.37. The van der Waals surface area contributed by atoms with Crippen molar-refractivity contribution in [3.05, 3.63) is 63.9 Å². The van der Waals surface area contributed by atoms with E-state index in [1.165, 1.54) is 11.3 Å². The lowest BCUT2D eigenvalue weighted by molar-refractivity contribution is 0.584. The molecule has 0 unspecified atom stereocenters. The number of aromatic nitrogens is 1. The topological polar surface area (TPSA) is 56.1 Å². The van der Waals surface area contributed by atoms with Crippen LogP contribution >= 0.6 is 11.3 Å². The molecule has 0 fully saturated rings. The zero-order valence-electron chi connectivity index (χ0n) is 12.7. The first-order chi connectivity index (χ1) is 11.0. The maximum absolute atomic E-state index is 12.3. The Morgan fingerprint density at radius 2 is 2.00 bits per heavy atom. The van der Waals surface area contributed by atoms with Gasteiger partial charge in [0.2, 0.25) is 0 Å². The van der Waals surface area contributed by atoms with Crippen molar-refractivity contribution in [2.75, 3.05) is 5.75 Å². The van der Waals surface area contributed by atoms with Gasteiger partial charge in [-0.2, -0.15) is 0 Å². The molecule has 120 valence electrons. The highest BCUT2D eigenvalue weighted by Gasteiger charge is 2.14. The van der Waals surface area contributed by atoms with Gasteiger partial charge in [0.25, 0.3) is 5.56 Å². The second-order valence-electron chi connectivity index (χ2n) is 5.50. The van der Waals surface area contributed by atoms with Crippen LogP contribution in [0.1, 0.15) is 12.0 Å². The Bertz CT molecular complexity index is 1000. The standard InChI is InChI=1S/C17H17NO3S2/c1-13-4-2-5-14(12-13)23(20,21)11-3-8-18-9-6-16-15(17(18)19)7-10-22-16/h2,4-7,9-10,12H,3,8,11H2,1H3. The summed E-state index contributed by atoms with van der Waals surface area (Å²) in [5, 5.41) is 2.58. The lowest BCUT2D eigenvalue weighted by Gasteiger charge is -2.07. The summed E-state index contributed by atoms with van der Waals surface area (Å²) in [6.45, 7) is 2.27. The summed E-state index contributed by atoms with van der Waals surface area (Å²) < 4.78 is 27.2. The largest absolute Gasteiger partial charge is 0.315 e. The van der Waals surface area contributed by atoms with Gasteiger partial charge in [-0.1, -0.05) is 12.1 Å². The number of benzene rings is 1. The van der Waals surface area contributed by atoms with E-state index in [1.54, 1.807) is 29.0 Å². The molecule has 0 saturated carbocycles. The molecule has 0 aliphatic carbocycles. The molecule has 0 aliphatic rings. The number of pyridine rings is 1. The minimum absolute atomic E-state index is 0.0323. The molecule has 0 amide bonds. The average molecular weight is 347 g/mol. The first-order valence-corrected chi connectivity index (χ1v) is 9.87. The predicted molar refractivity (Wildman–Crippen MR) is 93.9 cm³/mol. The zero-order chi connectivity index (χ0) is 16.4. The highest BCUT2D eigenvalue weighted by Crippen LogP contribution is 2.17. The summed E-state index contributed by atoms with van der Waals surface area (Å²) in [4.78, 5) is 12.6. The van der Waals surface area contributed by atoms with Crippen LogP contribution in [0, 0.1) is 6.92 Å². The van der Waals surface area contributed by atoms with Gasteiger partial charge in [-0.25, -0.2) is 8.42 Å². The van der Waals surface area contributed by atoms with Crippen LogP contribution in [-0.2, 0) is 16.4 Å². The number of hydrogen-bond acceptors (Lipinski definition) is 4. The molecule has 23 heavy (non-hydrogen) atoms. The SMILES string of the molecule is Cc1cccc(S(=O)(=O)CCCn2ccc3sccc3c2=O)c1. The lowest BCUT2D eigenvalue weighted by Crippen LogP contribution is -2.20. The van der Waals surface area contributed by atoms with Gasteiger partial charge in [0.1, 0.15) is 0 Å². The maximum atomic E-state index is 12.3. The van der Waals surface area contributed by atoms with E-state index in [4.69, 9.17) is 0 Å². The van der Waals surface area contributed by atoms with E-state index >= 15 is 0 Å². The number of thiophene rings is 1. The average Bonchev–Trinajstić information content (AvgIpc) is 2.99. The molecule has 6 heteroatoms. The van der Waals surface area contributed by atoms with E-state index in [-0.39, 0.29) is 11.3 Å². The molecular formula is C17H17NO3S2. The lowest BCUT2D eigenvalue weighted by atomic mass is 10.2. The summed E-state index contributed by atoms with van der Waals surface area (Å²) >= 11 is 1.53. The van der Waals surface area contributed by atoms with E-state index in [2.05, 4.69) is 0 Å². The third kappa shape index (κ3) is 3.38. The Morgan fingerprint density at radius 1 is 1.17 bits per heavy atom. The smallest absolute Gasteiger partial charge is 0.259 e. The van der Waals surface area contributed by atoms with Gasteiger partial charge in [-0.15, -0.1) is 11.3 Å². The Balaban J connectivity index is 1.73. The molecular weight excluding hydrogens is 330 g/mol. The number of aryl methyl sites for hydroxylation is 2. The van der Waals surface area contributed by atoms with Crippen LogP contribution in [0.3, 0.4) is 0 Å². The van der Waals surface area contributed by atoms with Gasteiger partial charge in [0.05, 0.1) is 16.0 Å². The number of fused-ring (bicyclic) bond motifs is 1. The van der Waals surface area contributed by atoms with Crippen LogP contribution in [0.25, 0.3) is 10.1 Å². The van der Waals surface area contributed by atoms with E-state index in [0.717, 1.165) is 10.3 Å². The molecule has 0 saturated heterocycles. The summed E-state index contributed by atoms with van der Waals surface area (Å²) in [6.07, 6.45) is 2.15.